The zero-order chi connectivity index (χ0) is 22.5. The number of anilines is 1. The van der Waals surface area contributed by atoms with Gasteiger partial charge in [0, 0.05) is 6.42 Å². The fourth-order valence-electron chi connectivity index (χ4n) is 2.66. The molecule has 0 unspecified atom stereocenters. The van der Waals surface area contributed by atoms with E-state index in [1.54, 1.807) is 6.92 Å². The van der Waals surface area contributed by atoms with Crippen LogP contribution >= 0.6 is 11.3 Å². The highest BCUT2D eigenvalue weighted by Crippen LogP contribution is 2.33. The van der Waals surface area contributed by atoms with Gasteiger partial charge in [-0.25, -0.2) is 17.6 Å². The van der Waals surface area contributed by atoms with Gasteiger partial charge in [-0.05, 0) is 50.1 Å². The van der Waals surface area contributed by atoms with Gasteiger partial charge in [0.15, 0.2) is 9.84 Å². The van der Waals surface area contributed by atoms with Gasteiger partial charge in [-0.2, -0.15) is 0 Å². The minimum absolute atomic E-state index is 0.00649. The molecule has 8 nitrogen and oxygen atoms in total. The van der Waals surface area contributed by atoms with Gasteiger partial charge in [0.05, 0.1) is 22.8 Å². The van der Waals surface area contributed by atoms with Crippen LogP contribution in [0.3, 0.4) is 0 Å². The number of nitrogens with one attached hydrogen (secondary N) is 1. The van der Waals surface area contributed by atoms with Crippen LogP contribution in [0.15, 0.2) is 29.2 Å². The maximum Gasteiger partial charge on any atom is 0.348 e. The van der Waals surface area contributed by atoms with Crippen molar-refractivity contribution < 1.29 is 31.9 Å². The third kappa shape index (κ3) is 5.63. The molecule has 1 heterocycles. The molecule has 0 fully saturated rings. The van der Waals surface area contributed by atoms with Crippen LogP contribution in [0.4, 0.5) is 9.39 Å². The molecule has 0 bridgehead atoms. The maximum absolute atomic E-state index is 12.9. The van der Waals surface area contributed by atoms with Crippen LogP contribution < -0.4 is 11.1 Å². The van der Waals surface area contributed by atoms with Crippen LogP contribution in [0.5, 0.6) is 0 Å². The number of carbonyl (C=O) groups is 3. The van der Waals surface area contributed by atoms with Crippen LogP contribution in [0.2, 0.25) is 0 Å². The number of thiophene rings is 1. The lowest BCUT2D eigenvalue weighted by Gasteiger charge is -2.06. The number of sulfone groups is 1. The Bertz CT molecular complexity index is 1060. The Morgan fingerprint density at radius 2 is 1.83 bits per heavy atom. The van der Waals surface area contributed by atoms with Crippen molar-refractivity contribution >= 4 is 44.0 Å². The summed E-state index contributed by atoms with van der Waals surface area (Å²) in [6.45, 7) is 3.30. The molecule has 0 radical (unpaired) electrons. The van der Waals surface area contributed by atoms with E-state index in [4.69, 9.17) is 10.5 Å². The summed E-state index contributed by atoms with van der Waals surface area (Å²) in [7, 11) is -3.67. The summed E-state index contributed by atoms with van der Waals surface area (Å²) in [5, 5.41) is 2.62. The van der Waals surface area contributed by atoms with Crippen molar-refractivity contribution in [2.24, 2.45) is 5.73 Å². The van der Waals surface area contributed by atoms with Crippen LogP contribution in [0.25, 0.3) is 0 Å². The quantitative estimate of drug-likeness (QED) is 0.440. The Labute approximate surface area is 177 Å². The highest BCUT2D eigenvalue weighted by Gasteiger charge is 2.25. The van der Waals surface area contributed by atoms with Gasteiger partial charge in [0.25, 0.3) is 5.91 Å². The van der Waals surface area contributed by atoms with E-state index in [0.29, 0.717) is 5.56 Å². The number of primary amides is 1. The SMILES string of the molecule is CCOC(=O)c1sc(NC(=O)CCCS(=O)(=O)c2ccc(F)cc2)c(C(N)=O)c1C. The number of hydrogen-bond acceptors (Lipinski definition) is 7. The minimum atomic E-state index is -3.67. The van der Waals surface area contributed by atoms with Gasteiger partial charge in [0.1, 0.15) is 15.7 Å². The highest BCUT2D eigenvalue weighted by molar-refractivity contribution is 7.91. The van der Waals surface area contributed by atoms with E-state index in [2.05, 4.69) is 5.32 Å². The Hall–Kier alpha value is -2.79. The Kier molecular flexibility index (Phi) is 7.68. The lowest BCUT2D eigenvalue weighted by molar-refractivity contribution is -0.116. The Morgan fingerprint density at radius 3 is 2.40 bits per heavy atom. The van der Waals surface area contributed by atoms with Crippen molar-refractivity contribution in [2.75, 3.05) is 17.7 Å². The van der Waals surface area contributed by atoms with Crippen molar-refractivity contribution in [3.05, 3.63) is 46.1 Å². The van der Waals surface area contributed by atoms with Gasteiger partial charge in [-0.3, -0.25) is 9.59 Å². The lowest BCUT2D eigenvalue weighted by atomic mass is 10.1. The molecule has 0 saturated heterocycles. The fourth-order valence-corrected chi connectivity index (χ4v) is 5.09. The van der Waals surface area contributed by atoms with E-state index >= 15 is 0 Å². The van der Waals surface area contributed by atoms with Gasteiger partial charge in [-0.15, -0.1) is 11.3 Å². The van der Waals surface area contributed by atoms with Crippen LogP contribution in [0.1, 0.15) is 45.4 Å². The first-order valence-electron chi connectivity index (χ1n) is 8.95. The largest absolute Gasteiger partial charge is 0.462 e. The molecule has 2 amide bonds. The standard InChI is InChI=1S/C19H21FN2O6S2/c1-3-28-19(25)16-11(2)15(17(21)24)18(29-16)22-14(23)5-4-10-30(26,27)13-8-6-12(20)7-9-13/h6-9H,3-5,10H2,1-2H3,(H2,21,24)(H,22,23). The van der Waals surface area contributed by atoms with Crippen LogP contribution in [-0.4, -0.2) is 38.6 Å². The normalized spacial score (nSPS) is 11.2. The Morgan fingerprint density at radius 1 is 1.20 bits per heavy atom. The monoisotopic (exact) mass is 456 g/mol. The number of rotatable bonds is 9. The zero-order valence-electron chi connectivity index (χ0n) is 16.4. The third-order valence-electron chi connectivity index (χ3n) is 4.10. The second kappa shape index (κ2) is 9.81. The number of hydrogen-bond donors (Lipinski definition) is 2. The van der Waals surface area contributed by atoms with E-state index in [0.717, 1.165) is 35.6 Å². The average Bonchev–Trinajstić information content (AvgIpc) is 2.98. The first-order valence-corrected chi connectivity index (χ1v) is 11.4. The molecule has 0 atom stereocenters. The van der Waals surface area contributed by atoms with E-state index in [-0.39, 0.29) is 45.5 Å². The summed E-state index contributed by atoms with van der Waals surface area (Å²) in [4.78, 5) is 36.1. The molecule has 11 heteroatoms. The summed E-state index contributed by atoms with van der Waals surface area (Å²) >= 11 is 0.867. The van der Waals surface area contributed by atoms with Crippen molar-refractivity contribution in [3.63, 3.8) is 0 Å². The van der Waals surface area contributed by atoms with Crippen LogP contribution in [-0.2, 0) is 19.4 Å². The minimum Gasteiger partial charge on any atom is -0.462 e. The number of amides is 2. The predicted octanol–water partition coefficient (Wildman–Crippen LogP) is 2.66. The summed E-state index contributed by atoms with van der Waals surface area (Å²) in [5.41, 5.74) is 5.68. The summed E-state index contributed by atoms with van der Waals surface area (Å²) in [5.74, 6) is -2.84. The molecule has 0 aliphatic rings. The van der Waals surface area contributed by atoms with Gasteiger partial charge in [0.2, 0.25) is 5.91 Å². The smallest absolute Gasteiger partial charge is 0.348 e. The topological polar surface area (TPSA) is 133 Å². The molecule has 30 heavy (non-hydrogen) atoms. The van der Waals surface area contributed by atoms with E-state index in [1.807, 2.05) is 0 Å². The van der Waals surface area contributed by atoms with Gasteiger partial charge < -0.3 is 15.8 Å². The molecule has 162 valence electrons. The predicted molar refractivity (Wildman–Crippen MR) is 110 cm³/mol. The number of esters is 1. The number of nitrogens with two attached hydrogens (primary N) is 1. The maximum atomic E-state index is 12.9. The molecule has 0 spiro atoms. The molecule has 2 aromatic rings. The molecule has 1 aromatic carbocycles. The van der Waals surface area contributed by atoms with E-state index in [9.17, 15) is 27.2 Å². The number of ether oxygens (including phenoxy) is 1. The Balaban J connectivity index is 2.05. The second-order valence-corrected chi connectivity index (χ2v) is 9.40. The number of benzene rings is 1. The van der Waals surface area contributed by atoms with Crippen molar-refractivity contribution in [3.8, 4) is 0 Å². The first kappa shape index (κ1) is 23.5. The molecule has 0 aliphatic carbocycles. The zero-order valence-corrected chi connectivity index (χ0v) is 18.0. The van der Waals surface area contributed by atoms with Gasteiger partial charge in [-0.1, -0.05) is 0 Å². The van der Waals surface area contributed by atoms with Crippen LogP contribution in [0, 0.1) is 12.7 Å². The molecular weight excluding hydrogens is 435 g/mol. The molecule has 1 aromatic heterocycles. The third-order valence-corrected chi connectivity index (χ3v) is 7.10. The molecule has 0 saturated carbocycles. The first-order chi connectivity index (χ1) is 14.1. The van der Waals surface area contributed by atoms with Crippen molar-refractivity contribution in [1.29, 1.82) is 0 Å². The van der Waals surface area contributed by atoms with Crippen molar-refractivity contribution in [2.45, 2.75) is 31.6 Å². The average molecular weight is 457 g/mol. The number of carbonyl (C=O) groups excluding carboxylic acids is 3. The molecular formula is C19H21FN2O6S2. The molecule has 3 N–H and O–H groups in total. The van der Waals surface area contributed by atoms with E-state index in [1.165, 1.54) is 6.92 Å². The van der Waals surface area contributed by atoms with Crippen molar-refractivity contribution in [1.82, 2.24) is 0 Å². The van der Waals surface area contributed by atoms with Gasteiger partial charge >= 0.3 is 5.97 Å². The highest BCUT2D eigenvalue weighted by atomic mass is 32.2. The molecule has 2 rings (SSSR count). The molecule has 0 aliphatic heterocycles. The summed E-state index contributed by atoms with van der Waals surface area (Å²) in [6.07, 6.45) is -0.142. The summed E-state index contributed by atoms with van der Waals surface area (Å²) < 4.78 is 42.4. The summed E-state index contributed by atoms with van der Waals surface area (Å²) in [6, 6.07) is 4.42. The lowest BCUT2D eigenvalue weighted by Crippen LogP contribution is -2.18. The second-order valence-electron chi connectivity index (χ2n) is 6.27. The van der Waals surface area contributed by atoms with E-state index < -0.39 is 33.4 Å². The number of halogens is 1. The fraction of sp³-hybridized carbons (Fsp3) is 0.316.